The zero-order valence-corrected chi connectivity index (χ0v) is 14.7. The van der Waals surface area contributed by atoms with E-state index in [1.54, 1.807) is 17.0 Å². The second kappa shape index (κ2) is 6.80. The Kier molecular flexibility index (Phi) is 4.74. The van der Waals surface area contributed by atoms with Crippen molar-refractivity contribution in [3.63, 3.8) is 0 Å². The van der Waals surface area contributed by atoms with Crippen LogP contribution in [0.5, 0.6) is 0 Å². The Morgan fingerprint density at radius 3 is 3.00 bits per heavy atom. The van der Waals surface area contributed by atoms with Crippen molar-refractivity contribution in [1.82, 2.24) is 19.7 Å². The van der Waals surface area contributed by atoms with Crippen LogP contribution in [0.2, 0.25) is 5.02 Å². The molecule has 6 nitrogen and oxygen atoms in total. The fourth-order valence-corrected chi connectivity index (χ4v) is 3.00. The normalized spacial score (nSPS) is 10.8. The molecule has 0 saturated heterocycles. The van der Waals surface area contributed by atoms with Crippen LogP contribution < -0.4 is 5.32 Å². The lowest BCUT2D eigenvalue weighted by Gasteiger charge is -2.03. The van der Waals surface area contributed by atoms with Crippen molar-refractivity contribution in [3.05, 3.63) is 56.3 Å². The molecule has 0 aliphatic rings. The second-order valence-corrected chi connectivity index (χ2v) is 6.58. The lowest BCUT2D eigenvalue weighted by molar-refractivity contribution is 0.102. The maximum atomic E-state index is 13.8. The molecule has 2 heterocycles. The predicted octanol–water partition coefficient (Wildman–Crippen LogP) is 3.57. The molecule has 0 atom stereocenters. The number of rotatable bonds is 4. The number of hydrogen-bond donors (Lipinski definition) is 2. The van der Waals surface area contributed by atoms with Crippen LogP contribution in [0.4, 0.5) is 9.52 Å². The van der Waals surface area contributed by atoms with Gasteiger partial charge in [-0.1, -0.05) is 11.6 Å². The van der Waals surface area contributed by atoms with Gasteiger partial charge in [0.2, 0.25) is 0 Å². The number of benzene rings is 1. The summed E-state index contributed by atoms with van der Waals surface area (Å²) < 4.78 is 16.0. The summed E-state index contributed by atoms with van der Waals surface area (Å²) in [5.74, 6) is -0.534. The average molecular weight is 384 g/mol. The number of H-pyrrole nitrogens is 1. The molecule has 1 amide bonds. The van der Waals surface area contributed by atoms with Gasteiger partial charge in [0.25, 0.3) is 5.91 Å². The molecule has 0 fully saturated rings. The lowest BCUT2D eigenvalue weighted by Crippen LogP contribution is -2.13. The quantitative estimate of drug-likeness (QED) is 0.675. The fourth-order valence-electron chi connectivity index (χ4n) is 1.98. The van der Waals surface area contributed by atoms with Gasteiger partial charge in [-0.25, -0.2) is 9.37 Å². The summed E-state index contributed by atoms with van der Waals surface area (Å²) in [5.41, 5.74) is 0.634. The summed E-state index contributed by atoms with van der Waals surface area (Å²) in [6, 6.07) is 3.88. The number of halogens is 2. The number of anilines is 1. The van der Waals surface area contributed by atoms with Gasteiger partial charge in [0.15, 0.2) is 9.90 Å². The third-order valence-electron chi connectivity index (χ3n) is 3.26. The van der Waals surface area contributed by atoms with Crippen LogP contribution in [0.1, 0.15) is 21.9 Å². The van der Waals surface area contributed by atoms with Gasteiger partial charge in [0.1, 0.15) is 11.6 Å². The highest BCUT2D eigenvalue weighted by Gasteiger charge is 2.14. The van der Waals surface area contributed by atoms with E-state index < -0.39 is 11.7 Å². The van der Waals surface area contributed by atoms with Crippen LogP contribution in [0.3, 0.4) is 0 Å². The zero-order valence-electron chi connectivity index (χ0n) is 12.3. The molecule has 3 aromatic rings. The predicted molar refractivity (Wildman–Crippen MR) is 92.7 cm³/mol. The number of thiazole rings is 1. The molecule has 0 bridgehead atoms. The SMILES string of the molecule is Cn1c(Cc2csc(NC(=O)c3ccc(Cl)cc3F)n2)n[nH]c1=S. The standard InChI is InChI=1S/C14H11ClFN5OS2/c1-21-11(19-20-14(21)23)5-8-6-24-13(17-8)18-12(22)9-3-2-7(15)4-10(9)16/h2-4,6H,5H2,1H3,(H,20,23)(H,17,18,22). The van der Waals surface area contributed by atoms with Crippen LogP contribution in [0.25, 0.3) is 0 Å². The van der Waals surface area contributed by atoms with Gasteiger partial charge in [-0.2, -0.15) is 5.10 Å². The van der Waals surface area contributed by atoms with Gasteiger partial charge in [0.05, 0.1) is 17.7 Å². The van der Waals surface area contributed by atoms with Gasteiger partial charge >= 0.3 is 0 Å². The van der Waals surface area contributed by atoms with Gasteiger partial charge < -0.3 is 4.57 Å². The first kappa shape index (κ1) is 16.7. The number of nitrogens with zero attached hydrogens (tertiary/aromatic N) is 3. The van der Waals surface area contributed by atoms with E-state index in [0.29, 0.717) is 16.3 Å². The fraction of sp³-hybridized carbons (Fsp3) is 0.143. The van der Waals surface area contributed by atoms with E-state index in [9.17, 15) is 9.18 Å². The van der Waals surface area contributed by atoms with E-state index >= 15 is 0 Å². The molecule has 124 valence electrons. The molecular formula is C14H11ClFN5OS2. The largest absolute Gasteiger partial charge is 0.307 e. The Morgan fingerprint density at radius 1 is 1.54 bits per heavy atom. The summed E-state index contributed by atoms with van der Waals surface area (Å²) in [5, 5.41) is 11.8. The molecule has 1 aromatic carbocycles. The summed E-state index contributed by atoms with van der Waals surface area (Å²) in [4.78, 5) is 16.4. The summed E-state index contributed by atoms with van der Waals surface area (Å²) in [7, 11) is 1.81. The Balaban J connectivity index is 1.73. The van der Waals surface area contributed by atoms with E-state index in [0.717, 1.165) is 17.6 Å². The van der Waals surface area contributed by atoms with Crippen LogP contribution in [0, 0.1) is 10.6 Å². The molecule has 0 unspecified atom stereocenters. The number of amides is 1. The first-order valence-electron chi connectivity index (χ1n) is 6.75. The second-order valence-electron chi connectivity index (χ2n) is 4.90. The van der Waals surface area contributed by atoms with E-state index in [-0.39, 0.29) is 10.6 Å². The van der Waals surface area contributed by atoms with Gasteiger partial charge in [-0.3, -0.25) is 15.2 Å². The van der Waals surface area contributed by atoms with Crippen molar-refractivity contribution in [2.24, 2.45) is 7.05 Å². The Bertz CT molecular complexity index is 964. The average Bonchev–Trinajstić information content (AvgIpc) is 3.09. The highest BCUT2D eigenvalue weighted by molar-refractivity contribution is 7.71. The van der Waals surface area contributed by atoms with Gasteiger partial charge in [-0.15, -0.1) is 11.3 Å². The van der Waals surface area contributed by atoms with Crippen molar-refractivity contribution in [2.75, 3.05) is 5.32 Å². The third kappa shape index (κ3) is 3.53. The number of hydrogen-bond acceptors (Lipinski definition) is 5. The summed E-state index contributed by atoms with van der Waals surface area (Å²) in [6.45, 7) is 0. The van der Waals surface area contributed by atoms with Crippen molar-refractivity contribution >= 4 is 46.2 Å². The molecule has 0 radical (unpaired) electrons. The monoisotopic (exact) mass is 383 g/mol. The Morgan fingerprint density at radius 2 is 2.33 bits per heavy atom. The first-order chi connectivity index (χ1) is 11.4. The number of nitrogens with one attached hydrogen (secondary N) is 2. The van der Waals surface area contributed by atoms with E-state index in [1.807, 2.05) is 0 Å². The van der Waals surface area contributed by atoms with Gasteiger partial charge in [-0.05, 0) is 30.4 Å². The highest BCUT2D eigenvalue weighted by atomic mass is 35.5. The van der Waals surface area contributed by atoms with Crippen molar-refractivity contribution in [3.8, 4) is 0 Å². The molecule has 0 spiro atoms. The molecule has 10 heteroatoms. The number of aromatic nitrogens is 4. The highest BCUT2D eigenvalue weighted by Crippen LogP contribution is 2.20. The molecule has 0 aliphatic carbocycles. The molecule has 2 aromatic heterocycles. The van der Waals surface area contributed by atoms with Crippen molar-refractivity contribution in [1.29, 1.82) is 0 Å². The Labute approximate surface area is 150 Å². The molecule has 2 N–H and O–H groups in total. The molecule has 3 rings (SSSR count). The van der Waals surface area contributed by atoms with E-state index in [2.05, 4.69) is 20.5 Å². The zero-order chi connectivity index (χ0) is 17.3. The van der Waals surface area contributed by atoms with Crippen LogP contribution >= 0.6 is 35.2 Å². The summed E-state index contributed by atoms with van der Waals surface area (Å²) in [6.07, 6.45) is 0.464. The van der Waals surface area contributed by atoms with Crippen LogP contribution in [-0.4, -0.2) is 25.7 Å². The van der Waals surface area contributed by atoms with Crippen molar-refractivity contribution < 1.29 is 9.18 Å². The number of aromatic amines is 1. The van der Waals surface area contributed by atoms with Gasteiger partial charge in [0, 0.05) is 17.5 Å². The van der Waals surface area contributed by atoms with Crippen molar-refractivity contribution in [2.45, 2.75) is 6.42 Å². The molecule has 0 aliphatic heterocycles. The first-order valence-corrected chi connectivity index (χ1v) is 8.41. The minimum absolute atomic E-state index is 0.0920. The summed E-state index contributed by atoms with van der Waals surface area (Å²) >= 11 is 12.0. The maximum Gasteiger partial charge on any atom is 0.260 e. The minimum atomic E-state index is -0.682. The number of carbonyl (C=O) groups is 1. The molecule has 24 heavy (non-hydrogen) atoms. The maximum absolute atomic E-state index is 13.8. The smallest absolute Gasteiger partial charge is 0.260 e. The molecular weight excluding hydrogens is 373 g/mol. The Hall–Kier alpha value is -2.10. The van der Waals surface area contributed by atoms with E-state index in [1.165, 1.54) is 23.5 Å². The third-order valence-corrected chi connectivity index (χ3v) is 4.67. The number of carbonyl (C=O) groups excluding carboxylic acids is 1. The lowest BCUT2D eigenvalue weighted by atomic mass is 10.2. The van der Waals surface area contributed by atoms with Crippen LogP contribution in [-0.2, 0) is 13.5 Å². The minimum Gasteiger partial charge on any atom is -0.307 e. The topological polar surface area (TPSA) is 75.6 Å². The van der Waals surface area contributed by atoms with E-state index in [4.69, 9.17) is 23.8 Å². The molecule has 0 saturated carbocycles. The van der Waals surface area contributed by atoms with Crippen LogP contribution in [0.15, 0.2) is 23.6 Å².